The van der Waals surface area contributed by atoms with Gasteiger partial charge >= 0.3 is 0 Å². The molecule has 3 heteroatoms. The summed E-state index contributed by atoms with van der Waals surface area (Å²) < 4.78 is 7.74. The molecular formula is C16H16N2O. The number of fused-ring (bicyclic) bond motifs is 1. The second-order valence-electron chi connectivity index (χ2n) is 4.54. The lowest BCUT2D eigenvalue weighted by atomic mass is 10.1. The molecule has 0 spiro atoms. The monoisotopic (exact) mass is 252 g/mol. The van der Waals surface area contributed by atoms with Crippen molar-refractivity contribution in [3.63, 3.8) is 0 Å². The Hall–Kier alpha value is -2.13. The van der Waals surface area contributed by atoms with Crippen LogP contribution in [0.3, 0.4) is 0 Å². The number of aromatic nitrogens is 2. The van der Waals surface area contributed by atoms with Gasteiger partial charge in [-0.15, -0.1) is 0 Å². The van der Waals surface area contributed by atoms with Crippen molar-refractivity contribution < 1.29 is 4.74 Å². The lowest BCUT2D eigenvalue weighted by molar-refractivity contribution is 0.127. The van der Waals surface area contributed by atoms with Gasteiger partial charge in [-0.2, -0.15) is 0 Å². The predicted octanol–water partition coefficient (Wildman–Crippen LogP) is 3.31. The highest BCUT2D eigenvalue weighted by molar-refractivity contribution is 5.76. The molecule has 1 unspecified atom stereocenters. The molecule has 1 atom stereocenters. The molecule has 0 aliphatic heterocycles. The van der Waals surface area contributed by atoms with Crippen molar-refractivity contribution in [2.24, 2.45) is 7.05 Å². The van der Waals surface area contributed by atoms with Gasteiger partial charge in [-0.3, -0.25) is 0 Å². The average Bonchev–Trinajstić information content (AvgIpc) is 2.79. The zero-order valence-electron chi connectivity index (χ0n) is 11.1. The van der Waals surface area contributed by atoms with Crippen LogP contribution in [0.2, 0.25) is 0 Å². The standard InChI is InChI=1S/C16H16N2O/c1-18-14-11-7-6-10-13(14)17-16(18)15(19-2)12-8-4-3-5-9-12/h3-11,15H,1-2H3. The lowest BCUT2D eigenvalue weighted by Gasteiger charge is -2.15. The first-order valence-electron chi connectivity index (χ1n) is 6.30. The molecular weight excluding hydrogens is 236 g/mol. The molecule has 3 nitrogen and oxygen atoms in total. The topological polar surface area (TPSA) is 27.1 Å². The second kappa shape index (κ2) is 4.86. The van der Waals surface area contributed by atoms with E-state index in [1.165, 1.54) is 0 Å². The summed E-state index contributed by atoms with van der Waals surface area (Å²) in [4.78, 5) is 4.70. The molecule has 19 heavy (non-hydrogen) atoms. The first-order chi connectivity index (χ1) is 9.31. The van der Waals surface area contributed by atoms with Crippen molar-refractivity contribution in [2.75, 3.05) is 7.11 Å². The maximum atomic E-state index is 5.65. The zero-order valence-corrected chi connectivity index (χ0v) is 11.1. The molecule has 0 bridgehead atoms. The van der Waals surface area contributed by atoms with Gasteiger partial charge < -0.3 is 9.30 Å². The number of rotatable bonds is 3. The summed E-state index contributed by atoms with van der Waals surface area (Å²) in [5.74, 6) is 0.926. The molecule has 3 rings (SSSR count). The maximum absolute atomic E-state index is 5.65. The fourth-order valence-corrected chi connectivity index (χ4v) is 2.42. The minimum Gasteiger partial charge on any atom is -0.369 e. The Labute approximate surface area is 112 Å². The van der Waals surface area contributed by atoms with Gasteiger partial charge in [0.05, 0.1) is 11.0 Å². The summed E-state index contributed by atoms with van der Waals surface area (Å²) in [6.07, 6.45) is -0.140. The molecule has 0 saturated carbocycles. The summed E-state index contributed by atoms with van der Waals surface area (Å²) in [6, 6.07) is 18.3. The van der Waals surface area contributed by atoms with Crippen LogP contribution in [-0.4, -0.2) is 16.7 Å². The fraction of sp³-hybridized carbons (Fsp3) is 0.188. The number of para-hydroxylation sites is 2. The Balaban J connectivity index is 2.14. The number of hydrogen-bond donors (Lipinski definition) is 0. The van der Waals surface area contributed by atoms with Crippen LogP contribution in [-0.2, 0) is 11.8 Å². The van der Waals surface area contributed by atoms with E-state index in [2.05, 4.69) is 22.8 Å². The van der Waals surface area contributed by atoms with Gasteiger partial charge in [-0.05, 0) is 17.7 Å². The molecule has 96 valence electrons. The average molecular weight is 252 g/mol. The number of hydrogen-bond acceptors (Lipinski definition) is 2. The van der Waals surface area contributed by atoms with E-state index in [0.29, 0.717) is 0 Å². The van der Waals surface area contributed by atoms with Crippen LogP contribution in [0.15, 0.2) is 54.6 Å². The third-order valence-corrected chi connectivity index (χ3v) is 3.39. The van der Waals surface area contributed by atoms with Crippen molar-refractivity contribution in [2.45, 2.75) is 6.10 Å². The van der Waals surface area contributed by atoms with Crippen LogP contribution >= 0.6 is 0 Å². The summed E-state index contributed by atoms with van der Waals surface area (Å²) in [7, 11) is 3.75. The normalized spacial score (nSPS) is 12.7. The summed E-state index contributed by atoms with van der Waals surface area (Å²) in [5, 5.41) is 0. The van der Waals surface area contributed by atoms with Crippen LogP contribution < -0.4 is 0 Å². The molecule has 0 amide bonds. The van der Waals surface area contributed by atoms with E-state index in [9.17, 15) is 0 Å². The quantitative estimate of drug-likeness (QED) is 0.715. The molecule has 0 fully saturated rings. The number of ether oxygens (including phenoxy) is 1. The molecule has 1 heterocycles. The highest BCUT2D eigenvalue weighted by Gasteiger charge is 2.19. The Bertz CT molecular complexity index is 688. The molecule has 2 aromatic carbocycles. The number of imidazole rings is 1. The number of aryl methyl sites for hydroxylation is 1. The minimum atomic E-state index is -0.140. The Morgan fingerprint density at radius 1 is 1.00 bits per heavy atom. The molecule has 0 radical (unpaired) electrons. The molecule has 0 N–H and O–H groups in total. The van der Waals surface area contributed by atoms with E-state index in [1.54, 1.807) is 7.11 Å². The number of methoxy groups -OCH3 is 1. The van der Waals surface area contributed by atoms with Gasteiger partial charge in [-0.1, -0.05) is 42.5 Å². The predicted molar refractivity (Wildman–Crippen MR) is 76.0 cm³/mol. The highest BCUT2D eigenvalue weighted by Crippen LogP contribution is 2.27. The van der Waals surface area contributed by atoms with Gasteiger partial charge in [0.15, 0.2) is 0 Å². The minimum absolute atomic E-state index is 0.140. The third-order valence-electron chi connectivity index (χ3n) is 3.39. The first kappa shape index (κ1) is 11.9. The number of benzene rings is 2. The van der Waals surface area contributed by atoms with E-state index in [4.69, 9.17) is 9.72 Å². The van der Waals surface area contributed by atoms with Crippen LogP contribution in [0.4, 0.5) is 0 Å². The molecule has 1 aromatic heterocycles. The van der Waals surface area contributed by atoms with Gasteiger partial charge in [0.1, 0.15) is 11.9 Å². The first-order valence-corrected chi connectivity index (χ1v) is 6.30. The van der Waals surface area contributed by atoms with Gasteiger partial charge in [0.25, 0.3) is 0 Å². The van der Waals surface area contributed by atoms with Crippen LogP contribution in [0.5, 0.6) is 0 Å². The summed E-state index contributed by atoms with van der Waals surface area (Å²) >= 11 is 0. The lowest BCUT2D eigenvalue weighted by Crippen LogP contribution is -2.09. The van der Waals surface area contributed by atoms with Crippen LogP contribution in [0, 0.1) is 0 Å². The third kappa shape index (κ3) is 2.02. The van der Waals surface area contributed by atoms with Crippen molar-refractivity contribution in [1.82, 2.24) is 9.55 Å². The van der Waals surface area contributed by atoms with Crippen molar-refractivity contribution in [3.05, 3.63) is 66.0 Å². The Kier molecular flexibility index (Phi) is 3.05. The van der Waals surface area contributed by atoms with E-state index in [0.717, 1.165) is 22.4 Å². The largest absolute Gasteiger partial charge is 0.369 e. The summed E-state index contributed by atoms with van der Waals surface area (Å²) in [6.45, 7) is 0. The molecule has 3 aromatic rings. The SMILES string of the molecule is COC(c1ccccc1)c1nc2ccccc2n1C. The Morgan fingerprint density at radius 2 is 1.68 bits per heavy atom. The molecule has 0 aliphatic rings. The van der Waals surface area contributed by atoms with Gasteiger partial charge in [0.2, 0.25) is 0 Å². The van der Waals surface area contributed by atoms with E-state index >= 15 is 0 Å². The molecule has 0 saturated heterocycles. The van der Waals surface area contributed by atoms with Crippen LogP contribution in [0.1, 0.15) is 17.5 Å². The Morgan fingerprint density at radius 3 is 2.37 bits per heavy atom. The fourth-order valence-electron chi connectivity index (χ4n) is 2.42. The van der Waals surface area contributed by atoms with Crippen LogP contribution in [0.25, 0.3) is 11.0 Å². The maximum Gasteiger partial charge on any atom is 0.143 e. The number of nitrogens with zero attached hydrogens (tertiary/aromatic N) is 2. The smallest absolute Gasteiger partial charge is 0.143 e. The molecule has 0 aliphatic carbocycles. The van der Waals surface area contributed by atoms with E-state index in [-0.39, 0.29) is 6.10 Å². The van der Waals surface area contributed by atoms with Gasteiger partial charge in [0, 0.05) is 14.2 Å². The highest BCUT2D eigenvalue weighted by atomic mass is 16.5. The second-order valence-corrected chi connectivity index (χ2v) is 4.54. The van der Waals surface area contributed by atoms with Crippen molar-refractivity contribution in [1.29, 1.82) is 0 Å². The summed E-state index contributed by atoms with van der Waals surface area (Å²) in [5.41, 5.74) is 3.23. The van der Waals surface area contributed by atoms with Gasteiger partial charge in [-0.25, -0.2) is 4.98 Å². The van der Waals surface area contributed by atoms with E-state index in [1.807, 2.05) is 43.4 Å². The zero-order chi connectivity index (χ0) is 13.2. The van der Waals surface area contributed by atoms with E-state index < -0.39 is 0 Å². The van der Waals surface area contributed by atoms with Crippen molar-refractivity contribution >= 4 is 11.0 Å². The van der Waals surface area contributed by atoms with Crippen molar-refractivity contribution in [3.8, 4) is 0 Å².